The summed E-state index contributed by atoms with van der Waals surface area (Å²) in [4.78, 5) is 0. The molecule has 0 aliphatic carbocycles. The molecule has 0 saturated carbocycles. The van der Waals surface area contributed by atoms with Crippen LogP contribution in [0.15, 0.2) is 60.7 Å². The number of nitrogen functional groups attached to an aromatic ring is 2. The molecule has 0 atom stereocenters. The lowest BCUT2D eigenvalue weighted by Gasteiger charge is -2.21. The molecule has 4 N–H and O–H groups in total. The summed E-state index contributed by atoms with van der Waals surface area (Å²) < 4.78 is 1.19. The van der Waals surface area contributed by atoms with Crippen molar-refractivity contribution in [2.75, 3.05) is 11.5 Å². The van der Waals surface area contributed by atoms with Gasteiger partial charge < -0.3 is 11.5 Å². The van der Waals surface area contributed by atoms with Gasteiger partial charge in [-0.25, -0.2) is 4.68 Å². The zero-order valence-corrected chi connectivity index (χ0v) is 12.7. The molecule has 0 aliphatic heterocycles. The van der Waals surface area contributed by atoms with E-state index < -0.39 is 5.54 Å². The standard InChI is InChI=1S/C18H14N6/c19-11-18(12-20,14-9-5-2-6-10-14)24-17(22)15(16(21)23-24)13-7-3-1-4-8-13/h1-10H,22H2,(H2,21,23). The molecule has 3 aromatic rings. The Morgan fingerprint density at radius 2 is 1.42 bits per heavy atom. The van der Waals surface area contributed by atoms with Crippen molar-refractivity contribution in [1.82, 2.24) is 9.78 Å². The van der Waals surface area contributed by atoms with Crippen molar-refractivity contribution in [2.24, 2.45) is 0 Å². The summed E-state index contributed by atoms with van der Waals surface area (Å²) in [6.07, 6.45) is 0. The minimum Gasteiger partial charge on any atom is -0.383 e. The molecule has 0 aliphatic rings. The van der Waals surface area contributed by atoms with Gasteiger partial charge in [0.25, 0.3) is 5.54 Å². The Balaban J connectivity index is 2.27. The van der Waals surface area contributed by atoms with E-state index in [4.69, 9.17) is 11.5 Å². The average molecular weight is 314 g/mol. The first-order valence-electron chi connectivity index (χ1n) is 7.22. The van der Waals surface area contributed by atoms with Gasteiger partial charge in [0, 0.05) is 5.56 Å². The maximum Gasteiger partial charge on any atom is 0.260 e. The summed E-state index contributed by atoms with van der Waals surface area (Å²) in [5, 5.41) is 23.7. The molecule has 0 bridgehead atoms. The molecule has 24 heavy (non-hydrogen) atoms. The van der Waals surface area contributed by atoms with Crippen LogP contribution < -0.4 is 11.5 Å². The SMILES string of the molecule is N#CC(C#N)(c1ccccc1)n1nc(N)c(-c2ccccc2)c1N. The molecule has 1 aromatic heterocycles. The van der Waals surface area contributed by atoms with Gasteiger partial charge in [-0.1, -0.05) is 60.7 Å². The van der Waals surface area contributed by atoms with E-state index in [1.165, 1.54) is 4.68 Å². The van der Waals surface area contributed by atoms with Crippen LogP contribution in [0.1, 0.15) is 5.56 Å². The zero-order valence-electron chi connectivity index (χ0n) is 12.7. The molecule has 6 heteroatoms. The Morgan fingerprint density at radius 3 is 1.96 bits per heavy atom. The fraction of sp³-hybridized carbons (Fsp3) is 0.0556. The summed E-state index contributed by atoms with van der Waals surface area (Å²) in [6, 6.07) is 22.0. The Hall–Kier alpha value is -3.77. The predicted octanol–water partition coefficient (Wildman–Crippen LogP) is 2.51. The zero-order chi connectivity index (χ0) is 17.2. The van der Waals surface area contributed by atoms with Gasteiger partial charge in [0.15, 0.2) is 5.82 Å². The molecule has 2 aromatic carbocycles. The number of nitriles is 2. The van der Waals surface area contributed by atoms with Crippen LogP contribution in [-0.4, -0.2) is 9.78 Å². The molecular weight excluding hydrogens is 300 g/mol. The van der Waals surface area contributed by atoms with Crippen molar-refractivity contribution in [2.45, 2.75) is 5.54 Å². The summed E-state index contributed by atoms with van der Waals surface area (Å²) in [5.41, 5.74) is 12.3. The van der Waals surface area contributed by atoms with Crippen molar-refractivity contribution in [1.29, 1.82) is 10.5 Å². The second-order valence-electron chi connectivity index (χ2n) is 5.22. The van der Waals surface area contributed by atoms with Crippen LogP contribution in [0.3, 0.4) is 0 Å². The highest BCUT2D eigenvalue weighted by Gasteiger charge is 2.39. The van der Waals surface area contributed by atoms with Gasteiger partial charge in [-0.15, -0.1) is 0 Å². The van der Waals surface area contributed by atoms with E-state index in [1.807, 2.05) is 42.5 Å². The van der Waals surface area contributed by atoms with Crippen LogP contribution in [0.25, 0.3) is 11.1 Å². The van der Waals surface area contributed by atoms with Crippen LogP contribution in [-0.2, 0) is 5.54 Å². The van der Waals surface area contributed by atoms with Crippen LogP contribution in [0, 0.1) is 22.7 Å². The highest BCUT2D eigenvalue weighted by Crippen LogP contribution is 2.36. The number of rotatable bonds is 3. The van der Waals surface area contributed by atoms with E-state index in [2.05, 4.69) is 5.10 Å². The largest absolute Gasteiger partial charge is 0.383 e. The number of nitrogens with two attached hydrogens (primary N) is 2. The smallest absolute Gasteiger partial charge is 0.260 e. The van der Waals surface area contributed by atoms with Crippen LogP contribution in [0.5, 0.6) is 0 Å². The van der Waals surface area contributed by atoms with Crippen LogP contribution in [0.2, 0.25) is 0 Å². The first-order valence-corrected chi connectivity index (χ1v) is 7.22. The van der Waals surface area contributed by atoms with Crippen LogP contribution >= 0.6 is 0 Å². The molecule has 1 heterocycles. The molecule has 0 unspecified atom stereocenters. The van der Waals surface area contributed by atoms with E-state index >= 15 is 0 Å². The second-order valence-corrected chi connectivity index (χ2v) is 5.22. The van der Waals surface area contributed by atoms with E-state index in [0.29, 0.717) is 11.1 Å². The summed E-state index contributed by atoms with van der Waals surface area (Å²) >= 11 is 0. The predicted molar refractivity (Wildman–Crippen MR) is 91.2 cm³/mol. The quantitative estimate of drug-likeness (QED) is 0.770. The highest BCUT2D eigenvalue weighted by atomic mass is 15.4. The molecule has 0 radical (unpaired) electrons. The Labute approximate surface area is 139 Å². The second kappa shape index (κ2) is 5.79. The highest BCUT2D eigenvalue weighted by molar-refractivity contribution is 5.83. The Kier molecular flexibility index (Phi) is 3.65. The Bertz CT molecular complexity index is 931. The fourth-order valence-corrected chi connectivity index (χ4v) is 2.66. The number of aromatic nitrogens is 2. The van der Waals surface area contributed by atoms with Gasteiger partial charge in [-0.2, -0.15) is 15.6 Å². The lowest BCUT2D eigenvalue weighted by atomic mass is 9.93. The van der Waals surface area contributed by atoms with Crippen molar-refractivity contribution < 1.29 is 0 Å². The molecule has 3 rings (SSSR count). The van der Waals surface area contributed by atoms with Crippen LogP contribution in [0.4, 0.5) is 11.6 Å². The lowest BCUT2D eigenvalue weighted by Crippen LogP contribution is -2.33. The third-order valence-electron chi connectivity index (χ3n) is 3.84. The molecule has 116 valence electrons. The van der Waals surface area contributed by atoms with Crippen molar-refractivity contribution in [3.63, 3.8) is 0 Å². The van der Waals surface area contributed by atoms with Gasteiger partial charge in [0.2, 0.25) is 0 Å². The van der Waals surface area contributed by atoms with Crippen molar-refractivity contribution in [3.8, 4) is 23.3 Å². The third-order valence-corrected chi connectivity index (χ3v) is 3.84. The van der Waals surface area contributed by atoms with E-state index in [0.717, 1.165) is 5.56 Å². The Morgan fingerprint density at radius 1 is 0.875 bits per heavy atom. The van der Waals surface area contributed by atoms with Gasteiger partial charge in [0.1, 0.15) is 18.0 Å². The van der Waals surface area contributed by atoms with Gasteiger partial charge in [0.05, 0.1) is 5.56 Å². The number of anilines is 2. The minimum absolute atomic E-state index is 0.171. The molecular formula is C18H14N6. The summed E-state index contributed by atoms with van der Waals surface area (Å²) in [5.74, 6) is 0.343. The fourth-order valence-electron chi connectivity index (χ4n) is 2.66. The van der Waals surface area contributed by atoms with Gasteiger partial charge in [-0.05, 0) is 5.56 Å². The van der Waals surface area contributed by atoms with Crippen molar-refractivity contribution >= 4 is 11.6 Å². The molecule has 0 saturated heterocycles. The maximum atomic E-state index is 9.75. The minimum atomic E-state index is -1.69. The molecule has 0 amide bonds. The topological polar surface area (TPSA) is 117 Å². The first kappa shape index (κ1) is 15.1. The number of hydrogen-bond acceptors (Lipinski definition) is 5. The first-order chi connectivity index (χ1) is 11.6. The van der Waals surface area contributed by atoms with Gasteiger partial charge in [-0.3, -0.25) is 0 Å². The lowest BCUT2D eigenvalue weighted by molar-refractivity contribution is 0.526. The normalized spacial score (nSPS) is 10.8. The molecule has 0 spiro atoms. The van der Waals surface area contributed by atoms with E-state index in [-0.39, 0.29) is 11.6 Å². The van der Waals surface area contributed by atoms with Gasteiger partial charge >= 0.3 is 0 Å². The molecule has 6 nitrogen and oxygen atoms in total. The van der Waals surface area contributed by atoms with Crippen molar-refractivity contribution in [3.05, 3.63) is 66.2 Å². The number of hydrogen-bond donors (Lipinski definition) is 2. The number of nitrogens with zero attached hydrogens (tertiary/aromatic N) is 4. The summed E-state index contributed by atoms with van der Waals surface area (Å²) in [7, 11) is 0. The maximum absolute atomic E-state index is 9.75. The average Bonchev–Trinajstić information content (AvgIpc) is 2.93. The third kappa shape index (κ3) is 2.15. The number of benzene rings is 2. The molecule has 0 fully saturated rings. The van der Waals surface area contributed by atoms with E-state index in [9.17, 15) is 10.5 Å². The summed E-state index contributed by atoms with van der Waals surface area (Å²) in [6.45, 7) is 0. The van der Waals surface area contributed by atoms with E-state index in [1.54, 1.807) is 30.3 Å². The monoisotopic (exact) mass is 314 g/mol.